The summed E-state index contributed by atoms with van der Waals surface area (Å²) >= 11 is 0. The third kappa shape index (κ3) is 7.59. The average Bonchev–Trinajstić information content (AvgIpc) is 3.53. The quantitative estimate of drug-likeness (QED) is 0.327. The van der Waals surface area contributed by atoms with Crippen LogP contribution in [0.25, 0.3) is 5.69 Å². The second-order valence-corrected chi connectivity index (χ2v) is 10.5. The summed E-state index contributed by atoms with van der Waals surface area (Å²) in [4.78, 5) is 26.7. The van der Waals surface area contributed by atoms with E-state index in [1.807, 2.05) is 49.1 Å². The first kappa shape index (κ1) is 32.0. The SMILES string of the molecule is CC(C)c1c(C(=O)N2CCCC2c2ccccc2)nn(-c2ccc(F)cc2)c1CC[C@@H](O)C[C@@H](O)CC(=O)[O-].[Na+]. The van der Waals surface area contributed by atoms with Crippen LogP contribution < -0.4 is 34.7 Å². The Labute approximate surface area is 256 Å². The van der Waals surface area contributed by atoms with E-state index in [1.54, 1.807) is 16.8 Å². The number of aliphatic hydroxyl groups excluding tert-OH is 2. The molecule has 2 N–H and O–H groups in total. The second kappa shape index (κ2) is 14.4. The molecule has 0 spiro atoms. The monoisotopic (exact) mass is 559 g/mol. The van der Waals surface area contributed by atoms with E-state index in [-0.39, 0.29) is 60.3 Å². The van der Waals surface area contributed by atoms with Crippen molar-refractivity contribution in [1.82, 2.24) is 14.7 Å². The molecular formula is C30H35FN3NaO5. The van der Waals surface area contributed by atoms with Gasteiger partial charge in [-0.2, -0.15) is 5.10 Å². The molecule has 1 aromatic heterocycles. The fourth-order valence-electron chi connectivity index (χ4n) is 5.44. The van der Waals surface area contributed by atoms with E-state index in [2.05, 4.69) is 0 Å². The molecule has 1 saturated heterocycles. The summed E-state index contributed by atoms with van der Waals surface area (Å²) in [6, 6.07) is 15.7. The van der Waals surface area contributed by atoms with Crippen LogP contribution in [-0.4, -0.2) is 55.5 Å². The molecule has 208 valence electrons. The van der Waals surface area contributed by atoms with E-state index in [1.165, 1.54) is 12.1 Å². The number of hydrogen-bond donors (Lipinski definition) is 2. The summed E-state index contributed by atoms with van der Waals surface area (Å²) < 4.78 is 15.4. The topological polar surface area (TPSA) is 119 Å². The molecular weight excluding hydrogens is 524 g/mol. The van der Waals surface area contributed by atoms with Gasteiger partial charge in [-0.1, -0.05) is 44.2 Å². The van der Waals surface area contributed by atoms with Crippen LogP contribution in [0.1, 0.15) is 85.2 Å². The summed E-state index contributed by atoms with van der Waals surface area (Å²) in [7, 11) is 0. The molecule has 1 aliphatic rings. The van der Waals surface area contributed by atoms with Crippen molar-refractivity contribution < 1.29 is 58.9 Å². The van der Waals surface area contributed by atoms with Crippen LogP contribution in [0.5, 0.6) is 0 Å². The number of aromatic nitrogens is 2. The summed E-state index contributed by atoms with van der Waals surface area (Å²) in [5.74, 6) is -2.03. The molecule has 0 saturated carbocycles. The van der Waals surface area contributed by atoms with Gasteiger partial charge in [0.2, 0.25) is 0 Å². The molecule has 8 nitrogen and oxygen atoms in total. The van der Waals surface area contributed by atoms with Gasteiger partial charge in [-0.25, -0.2) is 9.07 Å². The predicted octanol–water partition coefficient (Wildman–Crippen LogP) is 0.301. The van der Waals surface area contributed by atoms with E-state index >= 15 is 0 Å². The van der Waals surface area contributed by atoms with Crippen LogP contribution >= 0.6 is 0 Å². The van der Waals surface area contributed by atoms with Crippen molar-refractivity contribution in [3.05, 3.63) is 82.9 Å². The molecule has 0 aliphatic carbocycles. The Kier molecular flexibility index (Phi) is 11.5. The van der Waals surface area contributed by atoms with Crippen LogP contribution in [0, 0.1) is 5.82 Å². The van der Waals surface area contributed by atoms with Crippen molar-refractivity contribution in [2.24, 2.45) is 0 Å². The summed E-state index contributed by atoms with van der Waals surface area (Å²) in [6.07, 6.45) is -0.609. The zero-order chi connectivity index (χ0) is 28.1. The van der Waals surface area contributed by atoms with Gasteiger partial charge < -0.3 is 25.0 Å². The van der Waals surface area contributed by atoms with Gasteiger partial charge >= 0.3 is 29.6 Å². The van der Waals surface area contributed by atoms with Gasteiger partial charge in [-0.3, -0.25) is 4.79 Å². The first-order valence-electron chi connectivity index (χ1n) is 13.4. The molecule has 4 rings (SSSR count). The molecule has 10 heteroatoms. The van der Waals surface area contributed by atoms with Gasteiger partial charge in [-0.05, 0) is 67.9 Å². The van der Waals surface area contributed by atoms with Gasteiger partial charge in [0, 0.05) is 30.2 Å². The number of aliphatic carboxylic acids is 1. The number of amides is 1. The number of benzene rings is 2. The number of hydrogen-bond acceptors (Lipinski definition) is 6. The maximum absolute atomic E-state index is 14.0. The molecule has 1 fully saturated rings. The normalized spacial score (nSPS) is 16.6. The smallest absolute Gasteiger partial charge is 0.550 e. The Bertz CT molecular complexity index is 1280. The molecule has 3 aromatic rings. The molecule has 1 amide bonds. The van der Waals surface area contributed by atoms with Gasteiger partial charge in [0.15, 0.2) is 5.69 Å². The van der Waals surface area contributed by atoms with Crippen LogP contribution in [0.2, 0.25) is 0 Å². The maximum Gasteiger partial charge on any atom is 1.00 e. The Balaban J connectivity index is 0.00000441. The Morgan fingerprint density at radius 3 is 2.38 bits per heavy atom. The zero-order valence-corrected chi connectivity index (χ0v) is 25.3. The fourth-order valence-corrected chi connectivity index (χ4v) is 5.44. The number of carboxylic acid groups (broad SMARTS) is 1. The minimum Gasteiger partial charge on any atom is -0.550 e. The van der Waals surface area contributed by atoms with Gasteiger partial charge in [0.05, 0.1) is 23.9 Å². The number of carboxylic acids is 1. The van der Waals surface area contributed by atoms with Crippen molar-refractivity contribution in [3.8, 4) is 5.69 Å². The average molecular weight is 560 g/mol. The van der Waals surface area contributed by atoms with Gasteiger partial charge in [-0.15, -0.1) is 0 Å². The number of rotatable bonds is 11. The Morgan fingerprint density at radius 1 is 1.07 bits per heavy atom. The Hall–Kier alpha value is -2.56. The standard InChI is InChI=1S/C30H36FN3O5.Na/c1-19(2)28-26(15-14-23(35)17-24(36)18-27(37)38)34(22-12-10-21(31)11-13-22)32-29(28)30(39)33-16-6-9-25(33)20-7-4-3-5-8-20;/h3-5,7-8,10-13,19,23-25,35-36H,6,9,14-18H2,1-2H3,(H,37,38);/q;+1/p-1/t23-,24-,25?;/m1./s1. The van der Waals surface area contributed by atoms with E-state index in [0.717, 1.165) is 24.0 Å². The number of halogens is 1. The minimum atomic E-state index is -1.38. The summed E-state index contributed by atoms with van der Waals surface area (Å²) in [6.45, 7) is 4.57. The summed E-state index contributed by atoms with van der Waals surface area (Å²) in [5, 5.41) is 36.0. The van der Waals surface area contributed by atoms with Crippen LogP contribution in [0.3, 0.4) is 0 Å². The second-order valence-electron chi connectivity index (χ2n) is 10.5. The summed E-state index contributed by atoms with van der Waals surface area (Å²) in [5.41, 5.74) is 3.46. The van der Waals surface area contributed by atoms with E-state index in [4.69, 9.17) is 5.10 Å². The molecule has 40 heavy (non-hydrogen) atoms. The largest absolute Gasteiger partial charge is 1.00 e. The molecule has 1 aliphatic heterocycles. The van der Waals surface area contributed by atoms with Crippen molar-refractivity contribution in [2.45, 2.75) is 76.5 Å². The molecule has 0 radical (unpaired) electrons. The predicted molar refractivity (Wildman–Crippen MR) is 142 cm³/mol. The van der Waals surface area contributed by atoms with Crippen molar-refractivity contribution in [3.63, 3.8) is 0 Å². The Morgan fingerprint density at radius 2 is 1.75 bits per heavy atom. The first-order valence-corrected chi connectivity index (χ1v) is 13.4. The fraction of sp³-hybridized carbons (Fsp3) is 0.433. The van der Waals surface area contributed by atoms with E-state index < -0.39 is 30.4 Å². The van der Waals surface area contributed by atoms with E-state index in [0.29, 0.717) is 30.0 Å². The molecule has 0 bridgehead atoms. The van der Waals surface area contributed by atoms with Crippen molar-refractivity contribution in [2.75, 3.05) is 6.54 Å². The third-order valence-corrected chi connectivity index (χ3v) is 7.23. The van der Waals surface area contributed by atoms with E-state index in [9.17, 15) is 29.3 Å². The van der Waals surface area contributed by atoms with Crippen molar-refractivity contribution in [1.29, 1.82) is 0 Å². The maximum atomic E-state index is 14.0. The van der Waals surface area contributed by atoms with Crippen LogP contribution in [0.4, 0.5) is 4.39 Å². The van der Waals surface area contributed by atoms with Crippen LogP contribution in [0.15, 0.2) is 54.6 Å². The first-order chi connectivity index (χ1) is 18.7. The number of aliphatic hydroxyl groups is 2. The van der Waals surface area contributed by atoms with Gasteiger partial charge in [0.25, 0.3) is 5.91 Å². The molecule has 2 aromatic carbocycles. The third-order valence-electron chi connectivity index (χ3n) is 7.23. The number of carbonyl (C=O) groups is 2. The number of carbonyl (C=O) groups excluding carboxylic acids is 2. The van der Waals surface area contributed by atoms with Crippen molar-refractivity contribution >= 4 is 11.9 Å². The number of nitrogens with zero attached hydrogens (tertiary/aromatic N) is 3. The molecule has 2 heterocycles. The molecule has 3 atom stereocenters. The van der Waals surface area contributed by atoms with Gasteiger partial charge in [0.1, 0.15) is 5.82 Å². The van der Waals surface area contributed by atoms with Crippen LogP contribution in [-0.2, 0) is 11.2 Å². The molecule has 1 unspecified atom stereocenters. The zero-order valence-electron chi connectivity index (χ0n) is 23.3. The minimum absolute atomic E-state index is 0. The number of likely N-dealkylation sites (tertiary alicyclic amines) is 1.